The van der Waals surface area contributed by atoms with Gasteiger partial charge in [-0.05, 0) is 50.5 Å². The summed E-state index contributed by atoms with van der Waals surface area (Å²) in [6.45, 7) is 5.19. The molecule has 2 aromatic carbocycles. The summed E-state index contributed by atoms with van der Waals surface area (Å²) in [4.78, 5) is 18.7. The molecule has 0 spiro atoms. The molecule has 0 fully saturated rings. The van der Waals surface area contributed by atoms with Gasteiger partial charge in [0.25, 0.3) is 0 Å². The Kier molecular flexibility index (Phi) is 10.0. The van der Waals surface area contributed by atoms with Gasteiger partial charge in [0.05, 0.1) is 24.2 Å². The van der Waals surface area contributed by atoms with E-state index in [4.69, 9.17) is 16.3 Å². The molecule has 0 aliphatic heterocycles. The van der Waals surface area contributed by atoms with Crippen LogP contribution in [-0.4, -0.2) is 71.0 Å². The van der Waals surface area contributed by atoms with Crippen molar-refractivity contribution in [3.8, 4) is 5.75 Å². The molecular weight excluding hydrogens is 508 g/mol. The van der Waals surface area contributed by atoms with Crippen LogP contribution in [0, 0.1) is 0 Å². The van der Waals surface area contributed by atoms with Gasteiger partial charge in [-0.1, -0.05) is 27.5 Å². The molecule has 2 aromatic rings. The van der Waals surface area contributed by atoms with Gasteiger partial charge in [0.1, 0.15) is 5.75 Å². The maximum atomic E-state index is 12.8. The molecule has 10 heteroatoms. The van der Waals surface area contributed by atoms with E-state index in [0.717, 1.165) is 24.3 Å². The summed E-state index contributed by atoms with van der Waals surface area (Å²) < 4.78 is 5.47. The first-order chi connectivity index (χ1) is 15.7. The first-order valence-electron chi connectivity index (χ1n) is 10.1. The molecule has 0 radical (unpaired) electrons. The lowest BCUT2D eigenvalue weighted by Gasteiger charge is -2.24. The van der Waals surface area contributed by atoms with E-state index in [1.54, 1.807) is 54.5 Å². The van der Waals surface area contributed by atoms with Crippen molar-refractivity contribution in [3.63, 3.8) is 0 Å². The lowest BCUT2D eigenvalue weighted by molar-refractivity contribution is 0.262. The van der Waals surface area contributed by atoms with E-state index in [9.17, 15) is 4.79 Å². The Labute approximate surface area is 209 Å². The van der Waals surface area contributed by atoms with Crippen LogP contribution in [-0.2, 0) is 0 Å². The maximum Gasteiger partial charge on any atom is 0.323 e. The molecular formula is C23H30BrClN6O2. The van der Waals surface area contributed by atoms with Crippen LogP contribution in [0.25, 0.3) is 5.70 Å². The Morgan fingerprint density at radius 2 is 1.88 bits per heavy atom. The molecule has 2 amide bonds. The van der Waals surface area contributed by atoms with E-state index < -0.39 is 0 Å². The minimum atomic E-state index is -0.379. The normalized spacial score (nSPS) is 11.2. The summed E-state index contributed by atoms with van der Waals surface area (Å²) in [6, 6.07) is 10.3. The Morgan fingerprint density at radius 3 is 2.48 bits per heavy atom. The van der Waals surface area contributed by atoms with Crippen LogP contribution in [0.4, 0.5) is 21.9 Å². The van der Waals surface area contributed by atoms with Gasteiger partial charge in [0.2, 0.25) is 0 Å². The minimum absolute atomic E-state index is 0.379. The van der Waals surface area contributed by atoms with Crippen LogP contribution in [0.2, 0.25) is 5.02 Å². The van der Waals surface area contributed by atoms with Crippen molar-refractivity contribution < 1.29 is 9.53 Å². The quantitative estimate of drug-likeness (QED) is 0.321. The van der Waals surface area contributed by atoms with Crippen LogP contribution in [0.15, 0.2) is 46.5 Å². The average Bonchev–Trinajstić information content (AvgIpc) is 2.79. The number of nitrogens with one attached hydrogen (secondary N) is 2. The van der Waals surface area contributed by atoms with Crippen LogP contribution in [0.1, 0.15) is 5.56 Å². The second-order valence-electron chi connectivity index (χ2n) is 7.54. The highest BCUT2D eigenvalue weighted by atomic mass is 79.9. The van der Waals surface area contributed by atoms with E-state index in [1.807, 2.05) is 27.2 Å². The number of hydrazone groups is 1. The lowest BCUT2D eigenvalue weighted by atomic mass is 10.1. The molecule has 0 aromatic heterocycles. The molecule has 0 atom stereocenters. The van der Waals surface area contributed by atoms with Crippen molar-refractivity contribution in [2.75, 3.05) is 63.9 Å². The minimum Gasteiger partial charge on any atom is -0.496 e. The first kappa shape index (κ1) is 26.5. The van der Waals surface area contributed by atoms with Gasteiger partial charge in [0.15, 0.2) is 0 Å². The fraction of sp³-hybridized carbons (Fsp3) is 0.304. The highest BCUT2D eigenvalue weighted by molar-refractivity contribution is 9.11. The average molecular weight is 538 g/mol. The number of methoxy groups -OCH3 is 1. The molecule has 2 N–H and O–H groups in total. The summed E-state index contributed by atoms with van der Waals surface area (Å²) in [5.41, 5.74) is 3.52. The zero-order chi connectivity index (χ0) is 24.5. The second kappa shape index (κ2) is 12.5. The van der Waals surface area contributed by atoms with Crippen molar-refractivity contribution in [2.24, 2.45) is 5.10 Å². The molecule has 8 nitrogen and oxygen atoms in total. The number of ether oxygens (including phenoxy) is 1. The summed E-state index contributed by atoms with van der Waals surface area (Å²) in [6.07, 6.45) is 0. The third-order valence-corrected chi connectivity index (χ3v) is 5.57. The summed E-state index contributed by atoms with van der Waals surface area (Å²) in [7, 11) is 9.34. The topological polar surface area (TPSA) is 72.4 Å². The molecule has 0 aliphatic carbocycles. The highest BCUT2D eigenvalue weighted by Crippen LogP contribution is 2.32. The smallest absolute Gasteiger partial charge is 0.323 e. The van der Waals surface area contributed by atoms with Crippen LogP contribution in [0.5, 0.6) is 5.75 Å². The van der Waals surface area contributed by atoms with E-state index in [-0.39, 0.29) is 6.03 Å². The highest BCUT2D eigenvalue weighted by Gasteiger charge is 2.15. The van der Waals surface area contributed by atoms with Crippen molar-refractivity contribution >= 4 is 63.0 Å². The number of benzene rings is 2. The fourth-order valence-electron chi connectivity index (χ4n) is 3.05. The van der Waals surface area contributed by atoms with Gasteiger partial charge in [-0.3, -0.25) is 5.01 Å². The van der Waals surface area contributed by atoms with Crippen LogP contribution in [0.3, 0.4) is 0 Å². The van der Waals surface area contributed by atoms with Gasteiger partial charge in [-0.15, -0.1) is 0 Å². The van der Waals surface area contributed by atoms with E-state index in [2.05, 4.69) is 48.2 Å². The molecule has 0 saturated heterocycles. The number of anilines is 3. The number of halogens is 2. The SMILES string of the molecule is C=NN(C)/C(=C/Br)c1cc(NC(=O)Nc2ccc(Cl)cc2N(C)CCN(C)C)ccc1OC. The number of likely N-dealkylation sites (N-methyl/N-ethyl adjacent to an activating group) is 2. The molecule has 2 rings (SSSR count). The van der Waals surface area contributed by atoms with Gasteiger partial charge in [-0.25, -0.2) is 4.79 Å². The van der Waals surface area contributed by atoms with Crippen molar-refractivity contribution in [3.05, 3.63) is 52.0 Å². The summed E-state index contributed by atoms with van der Waals surface area (Å²) in [5.74, 6) is 0.629. The van der Waals surface area contributed by atoms with E-state index in [0.29, 0.717) is 27.8 Å². The molecule has 33 heavy (non-hydrogen) atoms. The third kappa shape index (κ3) is 7.38. The zero-order valence-electron chi connectivity index (χ0n) is 19.5. The molecule has 178 valence electrons. The first-order valence-corrected chi connectivity index (χ1v) is 11.4. The summed E-state index contributed by atoms with van der Waals surface area (Å²) >= 11 is 9.57. The molecule has 0 saturated carbocycles. The van der Waals surface area contributed by atoms with E-state index in [1.165, 1.54) is 0 Å². The Hall–Kier alpha value is -2.75. The number of nitrogens with zero attached hydrogens (tertiary/aromatic N) is 4. The Morgan fingerprint density at radius 1 is 1.15 bits per heavy atom. The fourth-order valence-corrected chi connectivity index (χ4v) is 3.76. The van der Waals surface area contributed by atoms with Crippen molar-refractivity contribution in [1.82, 2.24) is 9.91 Å². The molecule has 0 aliphatic rings. The number of hydrogen-bond donors (Lipinski definition) is 2. The third-order valence-electron chi connectivity index (χ3n) is 4.90. The van der Waals surface area contributed by atoms with Gasteiger partial charge in [0, 0.05) is 55.2 Å². The Balaban J connectivity index is 2.25. The largest absolute Gasteiger partial charge is 0.496 e. The predicted molar refractivity (Wildman–Crippen MR) is 143 cm³/mol. The second-order valence-corrected chi connectivity index (χ2v) is 8.43. The lowest BCUT2D eigenvalue weighted by Crippen LogP contribution is -2.29. The van der Waals surface area contributed by atoms with E-state index >= 15 is 0 Å². The predicted octanol–water partition coefficient (Wildman–Crippen LogP) is 5.23. The maximum absolute atomic E-state index is 12.8. The number of carbonyl (C=O) groups is 1. The molecule has 0 heterocycles. The molecule has 0 bridgehead atoms. The number of rotatable bonds is 10. The molecule has 0 unspecified atom stereocenters. The Bertz CT molecular complexity index is 1010. The van der Waals surface area contributed by atoms with Crippen LogP contribution >= 0.6 is 27.5 Å². The van der Waals surface area contributed by atoms with Gasteiger partial charge >= 0.3 is 6.03 Å². The number of hydrogen-bond acceptors (Lipinski definition) is 6. The standard InChI is InChI=1S/C23H30BrClN6O2/c1-26-31(5)21(15-24)18-14-17(8-10-22(18)33-6)27-23(32)28-19-9-7-16(25)13-20(19)30(4)12-11-29(2)3/h7-10,13-15H,1,11-12H2,2-6H3,(H2,27,28,32)/b21-15+. The number of carbonyl (C=O) groups excluding carboxylic acids is 1. The van der Waals surface area contributed by atoms with Gasteiger partial charge in [-0.2, -0.15) is 5.10 Å². The monoisotopic (exact) mass is 536 g/mol. The van der Waals surface area contributed by atoms with Crippen LogP contribution < -0.4 is 20.3 Å². The van der Waals surface area contributed by atoms with Crippen molar-refractivity contribution in [1.29, 1.82) is 0 Å². The summed E-state index contributed by atoms with van der Waals surface area (Å²) in [5, 5.41) is 11.9. The number of urea groups is 1. The zero-order valence-corrected chi connectivity index (χ0v) is 21.9. The number of amides is 2. The van der Waals surface area contributed by atoms with Crippen molar-refractivity contribution in [2.45, 2.75) is 0 Å². The van der Waals surface area contributed by atoms with Gasteiger partial charge < -0.3 is 25.2 Å².